The average molecular weight is 266 g/mol. The molecular weight excluding hydrogens is 254 g/mol. The zero-order valence-corrected chi connectivity index (χ0v) is 10.8. The fraction of sp³-hybridized carbons (Fsp3) is 1.00. The molecule has 7 nitrogen and oxygen atoms in total. The van der Waals surface area contributed by atoms with Gasteiger partial charge in [-0.05, 0) is 0 Å². The van der Waals surface area contributed by atoms with E-state index in [2.05, 4.69) is 21.9 Å². The first-order valence-electron chi connectivity index (χ1n) is 3.26. The number of phosphoric ester groups is 1. The predicted octanol–water partition coefficient (Wildman–Crippen LogP) is 2.45. The molecule has 0 aromatic rings. The molecule has 0 fully saturated rings. The first-order valence-corrected chi connectivity index (χ1v) is 7.33. The SMILES string of the molecule is COP(=O)(OC)OP(=O)(OC)OSC. The Hall–Kier alpha value is 0.610. The number of rotatable bonds is 7. The van der Waals surface area contributed by atoms with Gasteiger partial charge in [0.25, 0.3) is 0 Å². The highest BCUT2D eigenvalue weighted by Gasteiger charge is 2.38. The van der Waals surface area contributed by atoms with Gasteiger partial charge >= 0.3 is 15.6 Å². The Balaban J connectivity index is 4.59. The second kappa shape index (κ2) is 6.25. The van der Waals surface area contributed by atoms with Crippen molar-refractivity contribution in [3.8, 4) is 0 Å². The standard InChI is InChI=1S/C4H12O7P2S/c1-7-12(5,8-2)10-13(6,9-3)11-14-4/h1-4H3. The van der Waals surface area contributed by atoms with Crippen molar-refractivity contribution < 1.29 is 31.0 Å². The maximum atomic E-state index is 11.5. The summed E-state index contributed by atoms with van der Waals surface area (Å²) in [5, 5.41) is 0. The van der Waals surface area contributed by atoms with Crippen LogP contribution in [-0.2, 0) is 31.0 Å². The van der Waals surface area contributed by atoms with Crippen molar-refractivity contribution in [2.24, 2.45) is 0 Å². The van der Waals surface area contributed by atoms with Crippen LogP contribution in [0.15, 0.2) is 0 Å². The summed E-state index contributed by atoms with van der Waals surface area (Å²) < 4.78 is 45.2. The second-order valence-electron chi connectivity index (χ2n) is 1.77. The van der Waals surface area contributed by atoms with Gasteiger partial charge in [-0.2, -0.15) is 4.31 Å². The highest BCUT2D eigenvalue weighted by atomic mass is 32.2. The summed E-state index contributed by atoms with van der Waals surface area (Å²) in [7, 11) is -4.52. The summed E-state index contributed by atoms with van der Waals surface area (Å²) in [6.45, 7) is 0. The van der Waals surface area contributed by atoms with Crippen LogP contribution >= 0.6 is 27.7 Å². The highest BCUT2D eigenvalue weighted by molar-refractivity contribution is 7.97. The van der Waals surface area contributed by atoms with Crippen molar-refractivity contribution in [1.29, 1.82) is 0 Å². The molecule has 0 radical (unpaired) electrons. The summed E-state index contributed by atoms with van der Waals surface area (Å²) in [5.41, 5.74) is 0. The smallest absolute Gasteiger partial charge is 0.290 e. The molecule has 0 aromatic carbocycles. The van der Waals surface area contributed by atoms with Gasteiger partial charge in [0.1, 0.15) is 0 Å². The van der Waals surface area contributed by atoms with E-state index in [0.717, 1.165) is 33.4 Å². The average Bonchev–Trinajstić information content (AvgIpc) is 2.18. The molecule has 0 rings (SSSR count). The van der Waals surface area contributed by atoms with Gasteiger partial charge < -0.3 is 0 Å². The molecule has 0 aliphatic heterocycles. The minimum absolute atomic E-state index is 0.749. The summed E-state index contributed by atoms with van der Waals surface area (Å²) in [4.78, 5) is 0. The summed E-state index contributed by atoms with van der Waals surface area (Å²) in [5.74, 6) is 0. The van der Waals surface area contributed by atoms with Crippen molar-refractivity contribution >= 4 is 27.7 Å². The molecule has 0 saturated carbocycles. The third-order valence-corrected chi connectivity index (χ3v) is 5.30. The fourth-order valence-corrected chi connectivity index (χ4v) is 3.69. The van der Waals surface area contributed by atoms with E-state index in [4.69, 9.17) is 0 Å². The van der Waals surface area contributed by atoms with Gasteiger partial charge in [0.15, 0.2) is 0 Å². The molecule has 0 heterocycles. The van der Waals surface area contributed by atoms with E-state index in [-0.39, 0.29) is 0 Å². The van der Waals surface area contributed by atoms with Crippen LogP contribution in [0.25, 0.3) is 0 Å². The van der Waals surface area contributed by atoms with E-state index in [1.165, 1.54) is 6.26 Å². The molecule has 0 aliphatic rings. The lowest BCUT2D eigenvalue weighted by atomic mass is 11.8. The molecule has 0 amide bonds. The monoisotopic (exact) mass is 266 g/mol. The van der Waals surface area contributed by atoms with E-state index in [1.54, 1.807) is 0 Å². The molecule has 0 N–H and O–H groups in total. The van der Waals surface area contributed by atoms with Crippen molar-refractivity contribution in [3.05, 3.63) is 0 Å². The summed E-state index contributed by atoms with van der Waals surface area (Å²) >= 11 is 0.749. The molecular formula is C4H12O7P2S. The van der Waals surface area contributed by atoms with Crippen LogP contribution in [0.5, 0.6) is 0 Å². The van der Waals surface area contributed by atoms with Crippen LogP contribution in [0.4, 0.5) is 0 Å². The van der Waals surface area contributed by atoms with E-state index >= 15 is 0 Å². The molecule has 0 spiro atoms. The molecule has 1 atom stereocenters. The molecule has 0 aliphatic carbocycles. The van der Waals surface area contributed by atoms with Gasteiger partial charge in [-0.25, -0.2) is 13.1 Å². The normalized spacial score (nSPS) is 16.6. The summed E-state index contributed by atoms with van der Waals surface area (Å²) in [6, 6.07) is 0. The molecule has 14 heavy (non-hydrogen) atoms. The van der Waals surface area contributed by atoms with Gasteiger partial charge in [-0.15, -0.1) is 0 Å². The van der Waals surface area contributed by atoms with Crippen molar-refractivity contribution in [2.45, 2.75) is 0 Å². The number of hydrogen-bond acceptors (Lipinski definition) is 8. The van der Waals surface area contributed by atoms with Crippen molar-refractivity contribution in [1.82, 2.24) is 0 Å². The molecule has 0 aromatic heterocycles. The molecule has 10 heteroatoms. The summed E-state index contributed by atoms with van der Waals surface area (Å²) in [6.07, 6.45) is 1.50. The molecule has 86 valence electrons. The largest absolute Gasteiger partial charge is 0.494 e. The zero-order chi connectivity index (χ0) is 11.2. The Morgan fingerprint density at radius 1 is 0.929 bits per heavy atom. The maximum absolute atomic E-state index is 11.5. The maximum Gasteiger partial charge on any atom is 0.494 e. The Bertz CT molecular complexity index is 248. The van der Waals surface area contributed by atoms with Crippen molar-refractivity contribution in [2.75, 3.05) is 27.6 Å². The zero-order valence-electron chi connectivity index (χ0n) is 8.16. The third kappa shape index (κ3) is 4.42. The third-order valence-electron chi connectivity index (χ3n) is 1.04. The predicted molar refractivity (Wildman–Crippen MR) is 51.9 cm³/mol. The Morgan fingerprint density at radius 3 is 1.64 bits per heavy atom. The van der Waals surface area contributed by atoms with Gasteiger partial charge in [0.2, 0.25) is 0 Å². The first kappa shape index (κ1) is 14.6. The van der Waals surface area contributed by atoms with Gasteiger partial charge in [-0.1, -0.05) is 0 Å². The van der Waals surface area contributed by atoms with Crippen LogP contribution in [0, 0.1) is 0 Å². The van der Waals surface area contributed by atoms with Crippen LogP contribution in [0.3, 0.4) is 0 Å². The Morgan fingerprint density at radius 2 is 1.36 bits per heavy atom. The highest BCUT2D eigenvalue weighted by Crippen LogP contribution is 2.66. The molecule has 0 bridgehead atoms. The van der Waals surface area contributed by atoms with Crippen LogP contribution in [0.1, 0.15) is 0 Å². The first-order chi connectivity index (χ1) is 6.45. The van der Waals surface area contributed by atoms with E-state index in [0.29, 0.717) is 0 Å². The lowest BCUT2D eigenvalue weighted by molar-refractivity contribution is 0.178. The lowest BCUT2D eigenvalue weighted by Gasteiger charge is -2.18. The van der Waals surface area contributed by atoms with Gasteiger partial charge in [0.05, 0.1) is 0 Å². The topological polar surface area (TPSA) is 80.3 Å². The van der Waals surface area contributed by atoms with Gasteiger partial charge in [-0.3, -0.25) is 13.6 Å². The lowest BCUT2D eigenvalue weighted by Crippen LogP contribution is -1.96. The van der Waals surface area contributed by atoms with Crippen LogP contribution in [0.2, 0.25) is 0 Å². The number of hydrogen-bond donors (Lipinski definition) is 0. The quantitative estimate of drug-likeness (QED) is 0.513. The fourth-order valence-electron chi connectivity index (χ4n) is 0.432. The minimum atomic E-state index is -3.90. The van der Waals surface area contributed by atoms with Crippen LogP contribution in [-0.4, -0.2) is 27.6 Å². The van der Waals surface area contributed by atoms with Crippen molar-refractivity contribution in [3.63, 3.8) is 0 Å². The molecule has 1 unspecified atom stereocenters. The van der Waals surface area contributed by atoms with E-state index in [1.807, 2.05) is 0 Å². The Kier molecular flexibility index (Phi) is 6.52. The number of phosphoric acid groups is 2. The second-order valence-corrected chi connectivity index (χ2v) is 6.23. The van der Waals surface area contributed by atoms with Gasteiger partial charge in [0, 0.05) is 39.6 Å². The van der Waals surface area contributed by atoms with E-state index in [9.17, 15) is 9.13 Å². The van der Waals surface area contributed by atoms with E-state index < -0.39 is 15.6 Å². The van der Waals surface area contributed by atoms with Crippen LogP contribution < -0.4 is 0 Å². The Labute approximate surface area is 86.8 Å². The minimum Gasteiger partial charge on any atom is -0.290 e. The molecule has 0 saturated heterocycles.